The number of thiazole rings is 1. The number of pyridine rings is 2. The summed E-state index contributed by atoms with van der Waals surface area (Å²) in [6, 6.07) is 5.14. The molecule has 4 heterocycles. The molecule has 0 spiro atoms. The highest BCUT2D eigenvalue weighted by Crippen LogP contribution is 2.38. The molecule has 0 radical (unpaired) electrons. The topological polar surface area (TPSA) is 97.5 Å². The van der Waals surface area contributed by atoms with Crippen molar-refractivity contribution in [3.8, 4) is 17.0 Å². The van der Waals surface area contributed by atoms with Gasteiger partial charge >= 0.3 is 0 Å². The first-order valence-corrected chi connectivity index (χ1v) is 11.7. The van der Waals surface area contributed by atoms with Crippen LogP contribution in [-0.2, 0) is 4.79 Å². The second kappa shape index (κ2) is 8.73. The Bertz CT molecular complexity index is 1500. The van der Waals surface area contributed by atoms with Crippen LogP contribution in [0.3, 0.4) is 0 Å². The van der Waals surface area contributed by atoms with E-state index in [0.29, 0.717) is 58.9 Å². The van der Waals surface area contributed by atoms with E-state index in [9.17, 15) is 13.6 Å². The molecule has 2 N–H and O–H groups in total. The monoisotopic (exact) mass is 496 g/mol. The van der Waals surface area contributed by atoms with Crippen LogP contribution in [0.15, 0.2) is 36.8 Å². The van der Waals surface area contributed by atoms with Crippen LogP contribution in [-0.4, -0.2) is 59.0 Å². The molecule has 1 aliphatic heterocycles. The second-order valence-electron chi connectivity index (χ2n) is 8.24. The predicted octanol–water partition coefficient (Wildman–Crippen LogP) is 4.08. The van der Waals surface area contributed by atoms with Gasteiger partial charge in [-0.3, -0.25) is 9.78 Å². The van der Waals surface area contributed by atoms with Gasteiger partial charge in [-0.25, -0.2) is 18.7 Å². The number of nitrogen functional groups attached to an aromatic ring is 1. The summed E-state index contributed by atoms with van der Waals surface area (Å²) >= 11 is 1.10. The molecule has 1 amide bonds. The number of ether oxygens (including phenoxy) is 1. The molecule has 1 aliphatic rings. The predicted molar refractivity (Wildman–Crippen MR) is 133 cm³/mol. The zero-order chi connectivity index (χ0) is 24.9. The fourth-order valence-corrected chi connectivity index (χ4v) is 5.17. The van der Waals surface area contributed by atoms with Crippen molar-refractivity contribution in [1.29, 1.82) is 0 Å². The third kappa shape index (κ3) is 4.01. The summed E-state index contributed by atoms with van der Waals surface area (Å²) in [6.45, 7) is 6.59. The Labute approximate surface area is 203 Å². The number of carbonyl (C=O) groups excluding carboxylic acids is 1. The van der Waals surface area contributed by atoms with Crippen LogP contribution in [0.5, 0.6) is 5.88 Å². The van der Waals surface area contributed by atoms with Gasteiger partial charge in [0, 0.05) is 49.6 Å². The van der Waals surface area contributed by atoms with E-state index < -0.39 is 11.7 Å². The molecule has 0 bridgehead atoms. The summed E-state index contributed by atoms with van der Waals surface area (Å²) in [5.74, 6) is -1.61. The molecule has 4 aromatic rings. The van der Waals surface area contributed by atoms with E-state index in [-0.39, 0.29) is 10.9 Å². The number of hydrogen-bond donors (Lipinski definition) is 1. The van der Waals surface area contributed by atoms with Crippen molar-refractivity contribution in [2.75, 3.05) is 43.9 Å². The van der Waals surface area contributed by atoms with E-state index in [1.165, 1.54) is 18.1 Å². The SMILES string of the molecule is C=C(F)C(=O)N1CCN(c2cc(OC)nc3cc(-c4c(C)cc(F)c5sc(N)nc45)cnc23)CC1. The normalized spacial score (nSPS) is 14.1. The molecule has 1 fully saturated rings. The number of nitrogens with two attached hydrogens (primary N) is 1. The molecule has 0 aliphatic carbocycles. The Morgan fingerprint density at radius 2 is 1.91 bits per heavy atom. The molecule has 3 aromatic heterocycles. The van der Waals surface area contributed by atoms with Crippen molar-refractivity contribution in [2.24, 2.45) is 0 Å². The van der Waals surface area contributed by atoms with Crippen molar-refractivity contribution < 1.29 is 18.3 Å². The van der Waals surface area contributed by atoms with Crippen molar-refractivity contribution in [3.05, 3.63) is 48.2 Å². The van der Waals surface area contributed by atoms with Gasteiger partial charge in [-0.1, -0.05) is 17.9 Å². The Hall–Kier alpha value is -3.86. The number of hydrogen-bond acceptors (Lipinski definition) is 8. The molecule has 0 atom stereocenters. The number of aromatic nitrogens is 3. The highest BCUT2D eigenvalue weighted by molar-refractivity contribution is 7.22. The van der Waals surface area contributed by atoms with Crippen LogP contribution in [0.25, 0.3) is 32.4 Å². The standard InChI is InChI=1S/C24H22F2N6O2S/c1-12-8-15(26)22-21(30-24(27)35-22)19(12)14-9-16-20(28-11-14)17(10-18(29-16)34-3)31-4-6-32(7-5-31)23(33)13(2)25/h8-11H,2,4-7H2,1,3H3,(H2,27,30). The lowest BCUT2D eigenvalue weighted by molar-refractivity contribution is -0.128. The Morgan fingerprint density at radius 3 is 2.60 bits per heavy atom. The first-order chi connectivity index (χ1) is 16.8. The van der Waals surface area contributed by atoms with Crippen molar-refractivity contribution >= 4 is 49.3 Å². The number of piperazine rings is 1. The average molecular weight is 497 g/mol. The summed E-state index contributed by atoms with van der Waals surface area (Å²) in [5, 5.41) is 0.288. The molecule has 8 nitrogen and oxygen atoms in total. The lowest BCUT2D eigenvalue weighted by atomic mass is 10.00. The van der Waals surface area contributed by atoms with Gasteiger partial charge in [0.1, 0.15) is 11.3 Å². The third-order valence-corrected chi connectivity index (χ3v) is 6.97. The number of halogens is 2. The van der Waals surface area contributed by atoms with Crippen molar-refractivity contribution in [3.63, 3.8) is 0 Å². The zero-order valence-electron chi connectivity index (χ0n) is 19.1. The molecule has 0 saturated carbocycles. The number of benzene rings is 1. The molecule has 35 heavy (non-hydrogen) atoms. The summed E-state index contributed by atoms with van der Waals surface area (Å²) < 4.78 is 33.6. The van der Waals surface area contributed by atoms with Crippen LogP contribution in [0.1, 0.15) is 5.56 Å². The number of anilines is 2. The lowest BCUT2D eigenvalue weighted by Gasteiger charge is -2.36. The van der Waals surface area contributed by atoms with E-state index in [4.69, 9.17) is 15.5 Å². The number of fused-ring (bicyclic) bond motifs is 2. The average Bonchev–Trinajstić information content (AvgIpc) is 3.24. The van der Waals surface area contributed by atoms with Crippen LogP contribution in [0.2, 0.25) is 0 Å². The maximum atomic E-state index is 14.5. The summed E-state index contributed by atoms with van der Waals surface area (Å²) in [5.41, 5.74) is 10.6. The largest absolute Gasteiger partial charge is 0.481 e. The second-order valence-corrected chi connectivity index (χ2v) is 9.27. The van der Waals surface area contributed by atoms with E-state index in [1.807, 2.05) is 13.0 Å². The number of nitrogens with zero attached hydrogens (tertiary/aromatic N) is 5. The summed E-state index contributed by atoms with van der Waals surface area (Å²) in [7, 11) is 1.53. The van der Waals surface area contributed by atoms with Gasteiger partial charge < -0.3 is 20.3 Å². The van der Waals surface area contributed by atoms with Crippen LogP contribution in [0.4, 0.5) is 19.6 Å². The number of rotatable bonds is 4. The molecular weight excluding hydrogens is 474 g/mol. The first-order valence-electron chi connectivity index (χ1n) is 10.9. The minimum Gasteiger partial charge on any atom is -0.481 e. The van der Waals surface area contributed by atoms with Gasteiger partial charge in [0.25, 0.3) is 5.91 Å². The molecule has 180 valence electrons. The summed E-state index contributed by atoms with van der Waals surface area (Å²) in [6.07, 6.45) is 1.71. The van der Waals surface area contributed by atoms with Gasteiger partial charge in [-0.15, -0.1) is 0 Å². The summed E-state index contributed by atoms with van der Waals surface area (Å²) in [4.78, 5) is 29.1. The van der Waals surface area contributed by atoms with E-state index in [1.54, 1.807) is 12.3 Å². The Kier molecular flexibility index (Phi) is 5.72. The minimum absolute atomic E-state index is 0.288. The zero-order valence-corrected chi connectivity index (χ0v) is 20.0. The van der Waals surface area contributed by atoms with Crippen LogP contribution < -0.4 is 15.4 Å². The molecule has 11 heteroatoms. The van der Waals surface area contributed by atoms with E-state index in [0.717, 1.165) is 28.2 Å². The maximum Gasteiger partial charge on any atom is 0.282 e. The Balaban J connectivity index is 1.57. The quantitative estimate of drug-likeness (QED) is 0.425. The highest BCUT2D eigenvalue weighted by atomic mass is 32.1. The number of carbonyl (C=O) groups is 1. The molecular formula is C24H22F2N6O2S. The Morgan fingerprint density at radius 1 is 1.17 bits per heavy atom. The smallest absolute Gasteiger partial charge is 0.282 e. The highest BCUT2D eigenvalue weighted by Gasteiger charge is 2.25. The molecule has 1 aromatic carbocycles. The van der Waals surface area contributed by atoms with Gasteiger partial charge in [-0.2, -0.15) is 0 Å². The van der Waals surface area contributed by atoms with Gasteiger partial charge in [0.15, 0.2) is 11.0 Å². The van der Waals surface area contributed by atoms with E-state index in [2.05, 4.69) is 21.4 Å². The lowest BCUT2D eigenvalue weighted by Crippen LogP contribution is -2.49. The fourth-order valence-electron chi connectivity index (χ4n) is 4.42. The molecule has 5 rings (SSSR count). The van der Waals surface area contributed by atoms with Crippen molar-refractivity contribution in [2.45, 2.75) is 6.92 Å². The van der Waals surface area contributed by atoms with E-state index >= 15 is 0 Å². The molecule has 1 saturated heterocycles. The minimum atomic E-state index is -0.962. The van der Waals surface area contributed by atoms with Crippen LogP contribution >= 0.6 is 11.3 Å². The number of amides is 1. The fraction of sp³-hybridized carbons (Fsp3) is 0.250. The molecule has 0 unspecified atom stereocenters. The van der Waals surface area contributed by atoms with Crippen molar-refractivity contribution in [1.82, 2.24) is 19.9 Å². The first kappa shape index (κ1) is 22.9. The number of aryl methyl sites for hydroxylation is 1. The third-order valence-electron chi connectivity index (χ3n) is 6.07. The van der Waals surface area contributed by atoms with Crippen LogP contribution in [0, 0.1) is 12.7 Å². The maximum absolute atomic E-state index is 14.5. The number of methoxy groups -OCH3 is 1. The van der Waals surface area contributed by atoms with Gasteiger partial charge in [0.2, 0.25) is 5.88 Å². The van der Waals surface area contributed by atoms with Gasteiger partial charge in [-0.05, 0) is 24.6 Å². The van der Waals surface area contributed by atoms with Gasteiger partial charge in [0.05, 0.1) is 28.5 Å².